The molecule has 0 aromatic heterocycles. The van der Waals surface area contributed by atoms with E-state index in [1.54, 1.807) is 0 Å². The molecular weight excluding hydrogens is 170 g/mol. The molecule has 0 spiro atoms. The van der Waals surface area contributed by atoms with Gasteiger partial charge in [0, 0.05) is 13.2 Å². The van der Waals surface area contributed by atoms with Crippen molar-refractivity contribution in [2.45, 2.75) is 20.8 Å². The van der Waals surface area contributed by atoms with Gasteiger partial charge in [0.15, 0.2) is 0 Å². The normalized spacial score (nSPS) is 15.8. The number of rotatable bonds is 6. The Labute approximate surface area is 79.1 Å². The Morgan fingerprint density at radius 2 is 2.15 bits per heavy atom. The molecular formula is C9H19NO3. The number of nitrogens with two attached hydrogens (primary N) is 1. The number of carboxylic acid groups (broad SMARTS) is 1. The molecule has 0 rings (SSSR count). The van der Waals surface area contributed by atoms with Gasteiger partial charge in [-0.25, -0.2) is 0 Å². The fourth-order valence-corrected chi connectivity index (χ4v) is 1.14. The van der Waals surface area contributed by atoms with E-state index in [0.717, 1.165) is 0 Å². The minimum absolute atomic E-state index is 0.0263. The minimum atomic E-state index is -0.935. The van der Waals surface area contributed by atoms with E-state index in [0.29, 0.717) is 6.61 Å². The minimum Gasteiger partial charge on any atom is -0.481 e. The standard InChI is InChI=1S/C9H19NO3/c1-4-13-6-9(5-10,7(2)3)8(11)12/h7H,4-6,10H2,1-3H3,(H,11,12). The van der Waals surface area contributed by atoms with Crippen molar-refractivity contribution in [2.24, 2.45) is 17.1 Å². The van der Waals surface area contributed by atoms with E-state index in [1.807, 2.05) is 20.8 Å². The van der Waals surface area contributed by atoms with Crippen LogP contribution in [0, 0.1) is 11.3 Å². The third-order valence-corrected chi connectivity index (χ3v) is 2.46. The van der Waals surface area contributed by atoms with Crippen molar-refractivity contribution in [3.63, 3.8) is 0 Å². The summed E-state index contributed by atoms with van der Waals surface area (Å²) in [5, 5.41) is 9.06. The molecule has 0 heterocycles. The first kappa shape index (κ1) is 12.4. The maximum Gasteiger partial charge on any atom is 0.313 e. The predicted octanol–water partition coefficient (Wildman–Crippen LogP) is 0.709. The zero-order valence-corrected chi connectivity index (χ0v) is 8.54. The summed E-state index contributed by atoms with van der Waals surface area (Å²) in [6.45, 7) is 6.35. The van der Waals surface area contributed by atoms with Crippen LogP contribution >= 0.6 is 0 Å². The maximum absolute atomic E-state index is 11.0. The lowest BCUT2D eigenvalue weighted by atomic mass is 9.78. The van der Waals surface area contributed by atoms with Crippen LogP contribution in [0.2, 0.25) is 0 Å². The third-order valence-electron chi connectivity index (χ3n) is 2.46. The summed E-state index contributed by atoms with van der Waals surface area (Å²) in [5.41, 5.74) is 4.56. The molecule has 4 heteroatoms. The Bertz CT molecular complexity index is 170. The molecule has 0 bridgehead atoms. The highest BCUT2D eigenvalue weighted by Crippen LogP contribution is 2.27. The van der Waals surface area contributed by atoms with E-state index in [4.69, 9.17) is 15.6 Å². The molecule has 0 aromatic rings. The second kappa shape index (κ2) is 5.19. The van der Waals surface area contributed by atoms with Crippen LogP contribution in [0.1, 0.15) is 20.8 Å². The topological polar surface area (TPSA) is 72.5 Å². The second-order valence-electron chi connectivity index (χ2n) is 3.46. The number of hydrogen-bond acceptors (Lipinski definition) is 3. The Morgan fingerprint density at radius 1 is 1.62 bits per heavy atom. The van der Waals surface area contributed by atoms with Crippen LogP contribution in [-0.2, 0) is 9.53 Å². The van der Waals surface area contributed by atoms with Crippen molar-refractivity contribution in [1.29, 1.82) is 0 Å². The van der Waals surface area contributed by atoms with Crippen molar-refractivity contribution in [1.82, 2.24) is 0 Å². The van der Waals surface area contributed by atoms with Crippen molar-refractivity contribution in [3.05, 3.63) is 0 Å². The quantitative estimate of drug-likeness (QED) is 0.645. The van der Waals surface area contributed by atoms with Gasteiger partial charge in [0.1, 0.15) is 5.41 Å². The number of aliphatic carboxylic acids is 1. The van der Waals surface area contributed by atoms with E-state index in [-0.39, 0.29) is 19.1 Å². The van der Waals surface area contributed by atoms with Gasteiger partial charge in [0.05, 0.1) is 6.61 Å². The Kier molecular flexibility index (Phi) is 4.95. The maximum atomic E-state index is 11.0. The molecule has 0 amide bonds. The lowest BCUT2D eigenvalue weighted by Gasteiger charge is -2.31. The van der Waals surface area contributed by atoms with Crippen LogP contribution in [0.25, 0.3) is 0 Å². The van der Waals surface area contributed by atoms with E-state index < -0.39 is 11.4 Å². The number of ether oxygens (including phenoxy) is 1. The molecule has 0 aromatic carbocycles. The molecule has 0 saturated carbocycles. The van der Waals surface area contributed by atoms with Crippen molar-refractivity contribution >= 4 is 5.97 Å². The van der Waals surface area contributed by atoms with Crippen molar-refractivity contribution in [2.75, 3.05) is 19.8 Å². The molecule has 0 saturated heterocycles. The Morgan fingerprint density at radius 3 is 2.38 bits per heavy atom. The highest BCUT2D eigenvalue weighted by Gasteiger charge is 2.40. The molecule has 0 aliphatic rings. The van der Waals surface area contributed by atoms with Crippen LogP contribution in [0.5, 0.6) is 0 Å². The van der Waals surface area contributed by atoms with Crippen molar-refractivity contribution < 1.29 is 14.6 Å². The average Bonchev–Trinajstić information content (AvgIpc) is 2.05. The average molecular weight is 189 g/mol. The molecule has 0 radical (unpaired) electrons. The van der Waals surface area contributed by atoms with Gasteiger partial charge in [-0.2, -0.15) is 0 Å². The fraction of sp³-hybridized carbons (Fsp3) is 0.889. The van der Waals surface area contributed by atoms with Crippen LogP contribution in [0.3, 0.4) is 0 Å². The lowest BCUT2D eigenvalue weighted by Crippen LogP contribution is -2.46. The van der Waals surface area contributed by atoms with E-state index in [9.17, 15) is 4.79 Å². The molecule has 13 heavy (non-hydrogen) atoms. The number of carboxylic acids is 1. The monoisotopic (exact) mass is 189 g/mol. The van der Waals surface area contributed by atoms with Crippen LogP contribution < -0.4 is 5.73 Å². The molecule has 1 atom stereocenters. The zero-order chi connectivity index (χ0) is 10.5. The summed E-state index contributed by atoms with van der Waals surface area (Å²) >= 11 is 0. The fourth-order valence-electron chi connectivity index (χ4n) is 1.14. The first-order valence-electron chi connectivity index (χ1n) is 4.52. The summed E-state index contributed by atoms with van der Waals surface area (Å²) in [4.78, 5) is 11.0. The first-order chi connectivity index (χ1) is 6.01. The molecule has 4 nitrogen and oxygen atoms in total. The van der Waals surface area contributed by atoms with Gasteiger partial charge in [-0.1, -0.05) is 13.8 Å². The van der Waals surface area contributed by atoms with Crippen LogP contribution in [0.15, 0.2) is 0 Å². The second-order valence-corrected chi connectivity index (χ2v) is 3.46. The summed E-state index contributed by atoms with van der Waals surface area (Å²) in [5.74, 6) is -0.903. The molecule has 0 fully saturated rings. The largest absolute Gasteiger partial charge is 0.481 e. The van der Waals surface area contributed by atoms with Crippen molar-refractivity contribution in [3.8, 4) is 0 Å². The lowest BCUT2D eigenvalue weighted by molar-refractivity contribution is -0.155. The SMILES string of the molecule is CCOCC(CN)(C(=O)O)C(C)C. The molecule has 78 valence electrons. The van der Waals surface area contributed by atoms with Gasteiger partial charge < -0.3 is 15.6 Å². The summed E-state index contributed by atoms with van der Waals surface area (Å²) in [6, 6.07) is 0. The van der Waals surface area contributed by atoms with E-state index >= 15 is 0 Å². The number of carbonyl (C=O) groups is 1. The Hall–Kier alpha value is -0.610. The summed E-state index contributed by atoms with van der Waals surface area (Å²) in [6.07, 6.45) is 0. The highest BCUT2D eigenvalue weighted by atomic mass is 16.5. The zero-order valence-electron chi connectivity index (χ0n) is 8.54. The highest BCUT2D eigenvalue weighted by molar-refractivity contribution is 5.75. The molecule has 3 N–H and O–H groups in total. The van der Waals surface area contributed by atoms with Gasteiger partial charge in [-0.3, -0.25) is 4.79 Å². The smallest absolute Gasteiger partial charge is 0.313 e. The van der Waals surface area contributed by atoms with Gasteiger partial charge in [-0.15, -0.1) is 0 Å². The van der Waals surface area contributed by atoms with Crippen LogP contribution in [-0.4, -0.2) is 30.8 Å². The summed E-state index contributed by atoms with van der Waals surface area (Å²) < 4.78 is 5.15. The van der Waals surface area contributed by atoms with Gasteiger partial charge >= 0.3 is 5.97 Å². The third kappa shape index (κ3) is 2.67. The van der Waals surface area contributed by atoms with E-state index in [1.165, 1.54) is 0 Å². The number of hydrogen-bond donors (Lipinski definition) is 2. The summed E-state index contributed by atoms with van der Waals surface area (Å²) in [7, 11) is 0. The Balaban J connectivity index is 4.55. The molecule has 1 unspecified atom stereocenters. The first-order valence-corrected chi connectivity index (χ1v) is 4.52. The van der Waals surface area contributed by atoms with E-state index in [2.05, 4.69) is 0 Å². The van der Waals surface area contributed by atoms with Gasteiger partial charge in [0.2, 0.25) is 0 Å². The van der Waals surface area contributed by atoms with Gasteiger partial charge in [0.25, 0.3) is 0 Å². The van der Waals surface area contributed by atoms with Gasteiger partial charge in [-0.05, 0) is 12.8 Å². The predicted molar refractivity (Wildman–Crippen MR) is 50.5 cm³/mol. The molecule has 0 aliphatic heterocycles. The molecule has 0 aliphatic carbocycles. The van der Waals surface area contributed by atoms with Crippen LogP contribution in [0.4, 0.5) is 0 Å².